The predicted molar refractivity (Wildman–Crippen MR) is 97.8 cm³/mol. The molecule has 1 unspecified atom stereocenters. The Morgan fingerprint density at radius 2 is 2.20 bits per heavy atom. The van der Waals surface area contributed by atoms with Gasteiger partial charge in [-0.05, 0) is 13.0 Å². The second-order valence-corrected chi connectivity index (χ2v) is 12.5. The third-order valence-electron chi connectivity index (χ3n) is 4.22. The summed E-state index contributed by atoms with van der Waals surface area (Å²) in [5.41, 5.74) is 1.69. The summed E-state index contributed by atoms with van der Waals surface area (Å²) >= 11 is 0. The van der Waals surface area contributed by atoms with E-state index in [0.29, 0.717) is 18.8 Å². The molecule has 1 N–H and O–H groups in total. The van der Waals surface area contributed by atoms with Gasteiger partial charge in [-0.15, -0.1) is 0 Å². The first-order valence-electron chi connectivity index (χ1n) is 8.57. The summed E-state index contributed by atoms with van der Waals surface area (Å²) in [5, 5.41) is 9.49. The van der Waals surface area contributed by atoms with Crippen molar-refractivity contribution >= 4 is 19.7 Å². The van der Waals surface area contributed by atoms with Gasteiger partial charge in [0.25, 0.3) is 0 Å². The average Bonchev–Trinajstić information content (AvgIpc) is 2.58. The lowest BCUT2D eigenvalue weighted by Gasteiger charge is -2.40. The maximum absolute atomic E-state index is 11.6. The van der Waals surface area contributed by atoms with Gasteiger partial charge >= 0.3 is 5.97 Å². The van der Waals surface area contributed by atoms with Crippen LogP contribution in [0.3, 0.4) is 0 Å². The van der Waals surface area contributed by atoms with Crippen LogP contribution < -0.4 is 4.90 Å². The van der Waals surface area contributed by atoms with Crippen LogP contribution in [0.5, 0.6) is 0 Å². The SMILES string of the molecule is CCOCOCc1c(N2CCOC([Si](C)(C)C)C2)ccnc1C(=O)O. The number of aromatic carboxylic acids is 1. The van der Waals surface area contributed by atoms with E-state index in [0.717, 1.165) is 18.8 Å². The first-order valence-corrected chi connectivity index (χ1v) is 12.2. The van der Waals surface area contributed by atoms with E-state index < -0.39 is 14.0 Å². The summed E-state index contributed by atoms with van der Waals surface area (Å²) in [5.74, 6) is -1.05. The highest BCUT2D eigenvalue weighted by molar-refractivity contribution is 6.77. The van der Waals surface area contributed by atoms with Crippen LogP contribution >= 0.6 is 0 Å². The largest absolute Gasteiger partial charge is 0.476 e. The minimum atomic E-state index is -1.47. The molecule has 7 nitrogen and oxygen atoms in total. The average molecular weight is 369 g/mol. The number of rotatable bonds is 8. The van der Waals surface area contributed by atoms with Crippen LogP contribution in [0.4, 0.5) is 5.69 Å². The fourth-order valence-corrected chi connectivity index (χ4v) is 4.17. The van der Waals surface area contributed by atoms with Crippen molar-refractivity contribution in [1.29, 1.82) is 0 Å². The molecule has 0 radical (unpaired) electrons. The minimum Gasteiger partial charge on any atom is -0.476 e. The van der Waals surface area contributed by atoms with Crippen molar-refractivity contribution in [2.24, 2.45) is 0 Å². The molecule has 25 heavy (non-hydrogen) atoms. The molecule has 0 saturated carbocycles. The van der Waals surface area contributed by atoms with E-state index in [1.165, 1.54) is 0 Å². The minimum absolute atomic E-state index is 0.0324. The molecule has 1 aromatic heterocycles. The molecular weight excluding hydrogens is 340 g/mol. The molecule has 1 saturated heterocycles. The highest BCUT2D eigenvalue weighted by atomic mass is 28.3. The summed E-state index contributed by atoms with van der Waals surface area (Å²) in [6, 6.07) is 1.86. The molecule has 0 bridgehead atoms. The fraction of sp³-hybridized carbons (Fsp3) is 0.647. The van der Waals surface area contributed by atoms with E-state index in [2.05, 4.69) is 29.5 Å². The van der Waals surface area contributed by atoms with Crippen molar-refractivity contribution in [3.8, 4) is 0 Å². The lowest BCUT2D eigenvalue weighted by Crippen LogP contribution is -2.53. The maximum atomic E-state index is 11.6. The number of hydrogen-bond acceptors (Lipinski definition) is 6. The van der Waals surface area contributed by atoms with E-state index in [4.69, 9.17) is 14.2 Å². The lowest BCUT2D eigenvalue weighted by molar-refractivity contribution is -0.0573. The second-order valence-electron chi connectivity index (χ2n) is 7.09. The molecule has 2 rings (SSSR count). The number of carboxylic acids is 1. The van der Waals surface area contributed by atoms with Crippen molar-refractivity contribution in [2.45, 2.75) is 38.9 Å². The van der Waals surface area contributed by atoms with Gasteiger partial charge in [0.2, 0.25) is 0 Å². The standard InChI is InChI=1S/C17H28N2O5Si/c1-5-22-12-23-11-13-14(6-7-18-16(13)17(20)21)19-8-9-24-15(10-19)25(2,3)4/h6-7,15H,5,8-12H2,1-4H3,(H,20,21). The Morgan fingerprint density at radius 3 is 2.84 bits per heavy atom. The molecule has 140 valence electrons. The van der Waals surface area contributed by atoms with Crippen LogP contribution in [0.15, 0.2) is 12.3 Å². The molecule has 2 heterocycles. The Morgan fingerprint density at radius 1 is 1.44 bits per heavy atom. The van der Waals surface area contributed by atoms with Gasteiger partial charge in [-0.2, -0.15) is 0 Å². The number of pyridine rings is 1. The first kappa shape index (κ1) is 19.8. The van der Waals surface area contributed by atoms with Crippen molar-refractivity contribution in [1.82, 2.24) is 4.98 Å². The van der Waals surface area contributed by atoms with Gasteiger partial charge in [0.1, 0.15) is 6.79 Å². The fourth-order valence-electron chi connectivity index (χ4n) is 2.78. The number of aromatic nitrogens is 1. The first-order chi connectivity index (χ1) is 11.8. The van der Waals surface area contributed by atoms with Gasteiger partial charge in [-0.1, -0.05) is 19.6 Å². The number of carbonyl (C=O) groups is 1. The molecular formula is C17H28N2O5Si. The molecule has 0 aliphatic carbocycles. The van der Waals surface area contributed by atoms with Crippen LogP contribution in [-0.4, -0.2) is 63.0 Å². The number of carboxylic acid groups (broad SMARTS) is 1. The third kappa shape index (κ3) is 5.24. The van der Waals surface area contributed by atoms with Gasteiger partial charge in [0.15, 0.2) is 5.69 Å². The van der Waals surface area contributed by atoms with Crippen LogP contribution in [0.2, 0.25) is 19.6 Å². The Bertz CT molecular complexity index is 591. The number of nitrogens with zero attached hydrogens (tertiary/aromatic N) is 2. The number of hydrogen-bond donors (Lipinski definition) is 1. The smallest absolute Gasteiger partial charge is 0.354 e. The van der Waals surface area contributed by atoms with Crippen LogP contribution in [0.1, 0.15) is 23.0 Å². The van der Waals surface area contributed by atoms with Gasteiger partial charge in [0, 0.05) is 37.1 Å². The Kier molecular flexibility index (Phi) is 6.94. The molecule has 0 aromatic carbocycles. The van der Waals surface area contributed by atoms with E-state index in [-0.39, 0.29) is 24.8 Å². The topological polar surface area (TPSA) is 81.1 Å². The molecule has 8 heteroatoms. The van der Waals surface area contributed by atoms with E-state index in [9.17, 15) is 9.90 Å². The Labute approximate surface area is 149 Å². The van der Waals surface area contributed by atoms with E-state index in [1.54, 1.807) is 6.20 Å². The second kappa shape index (κ2) is 8.75. The highest BCUT2D eigenvalue weighted by Crippen LogP contribution is 2.27. The zero-order chi connectivity index (χ0) is 18.4. The van der Waals surface area contributed by atoms with E-state index >= 15 is 0 Å². The number of ether oxygens (including phenoxy) is 3. The molecule has 1 aliphatic heterocycles. The van der Waals surface area contributed by atoms with Crippen molar-refractivity contribution in [2.75, 3.05) is 38.0 Å². The van der Waals surface area contributed by atoms with Crippen LogP contribution in [0.25, 0.3) is 0 Å². The van der Waals surface area contributed by atoms with Crippen molar-refractivity contribution in [3.05, 3.63) is 23.5 Å². The maximum Gasteiger partial charge on any atom is 0.354 e. The van der Waals surface area contributed by atoms with Crippen LogP contribution in [-0.2, 0) is 20.8 Å². The third-order valence-corrected chi connectivity index (χ3v) is 6.50. The van der Waals surface area contributed by atoms with Gasteiger partial charge in [-0.3, -0.25) is 0 Å². The Balaban J connectivity index is 2.26. The molecule has 0 spiro atoms. The van der Waals surface area contributed by atoms with Gasteiger partial charge < -0.3 is 24.2 Å². The summed E-state index contributed by atoms with van der Waals surface area (Å²) in [4.78, 5) is 17.8. The quantitative estimate of drug-likeness (QED) is 0.428. The lowest BCUT2D eigenvalue weighted by atomic mass is 10.1. The van der Waals surface area contributed by atoms with Crippen LogP contribution in [0, 0.1) is 0 Å². The van der Waals surface area contributed by atoms with Gasteiger partial charge in [0.05, 0.1) is 27.0 Å². The van der Waals surface area contributed by atoms with Crippen molar-refractivity contribution < 1.29 is 24.1 Å². The predicted octanol–water partition coefficient (Wildman–Crippen LogP) is 2.37. The zero-order valence-electron chi connectivity index (χ0n) is 15.4. The zero-order valence-corrected chi connectivity index (χ0v) is 16.4. The number of morpholine rings is 1. The normalized spacial score (nSPS) is 18.4. The van der Waals surface area contributed by atoms with Crippen molar-refractivity contribution in [3.63, 3.8) is 0 Å². The molecule has 1 atom stereocenters. The molecule has 1 aromatic rings. The van der Waals surface area contributed by atoms with Gasteiger partial charge in [-0.25, -0.2) is 9.78 Å². The molecule has 1 fully saturated rings. The summed E-state index contributed by atoms with van der Waals surface area (Å²) in [6.07, 6.45) is 1.55. The highest BCUT2D eigenvalue weighted by Gasteiger charge is 2.33. The Hall–Kier alpha value is -1.48. The summed E-state index contributed by atoms with van der Waals surface area (Å²) < 4.78 is 16.6. The molecule has 1 aliphatic rings. The summed E-state index contributed by atoms with van der Waals surface area (Å²) in [7, 11) is -1.47. The summed E-state index contributed by atoms with van der Waals surface area (Å²) in [6.45, 7) is 11.7. The monoisotopic (exact) mass is 368 g/mol. The number of anilines is 1. The van der Waals surface area contributed by atoms with E-state index in [1.807, 2.05) is 13.0 Å². The molecule has 0 amide bonds.